The molecule has 0 spiro atoms. The van der Waals surface area contributed by atoms with Gasteiger partial charge in [0.1, 0.15) is 11.9 Å². The van der Waals surface area contributed by atoms with Crippen molar-refractivity contribution >= 4 is 36.2 Å². The molecule has 1 fully saturated rings. The van der Waals surface area contributed by atoms with Crippen LogP contribution in [0, 0.1) is 0 Å². The molecule has 36 heavy (non-hydrogen) atoms. The highest BCUT2D eigenvalue weighted by atomic mass is 16.5. The summed E-state index contributed by atoms with van der Waals surface area (Å²) in [4.78, 5) is 37.6. The zero-order valence-corrected chi connectivity index (χ0v) is 20.7. The third-order valence-electron chi connectivity index (χ3n) is 5.32. The van der Waals surface area contributed by atoms with E-state index in [0.717, 1.165) is 36.0 Å². The third-order valence-corrected chi connectivity index (χ3v) is 5.32. The second-order valence-electron chi connectivity index (χ2n) is 7.88. The van der Waals surface area contributed by atoms with E-state index >= 15 is 0 Å². The first kappa shape index (κ1) is 26.7. The molecule has 13 nitrogen and oxygen atoms in total. The number of rotatable bonds is 7. The van der Waals surface area contributed by atoms with Crippen molar-refractivity contribution in [1.82, 2.24) is 25.7 Å². The molecule has 192 valence electrons. The smallest absolute Gasteiger partial charge is 0.277 e. The molecule has 1 unspecified atom stereocenters. The third kappa shape index (κ3) is 6.38. The Morgan fingerprint density at radius 2 is 2.06 bits per heavy atom. The molecule has 4 heterocycles. The van der Waals surface area contributed by atoms with Gasteiger partial charge in [-0.15, -0.1) is 0 Å². The van der Waals surface area contributed by atoms with Gasteiger partial charge in [-0.1, -0.05) is 0 Å². The van der Waals surface area contributed by atoms with Crippen LogP contribution in [0.1, 0.15) is 0 Å². The van der Waals surface area contributed by atoms with E-state index < -0.39 is 5.91 Å². The minimum absolute atomic E-state index is 0.0818. The molecule has 0 bridgehead atoms. The van der Waals surface area contributed by atoms with Crippen LogP contribution in [0.15, 0.2) is 46.3 Å². The monoisotopic (exact) mass is 496 g/mol. The predicted octanol–water partition coefficient (Wildman–Crippen LogP) is 0.559. The number of hydrogen-bond acceptors (Lipinski definition) is 12. The number of nitrogens with one attached hydrogen (secondary N) is 3. The largest absolute Gasteiger partial charge is 0.378 e. The van der Waals surface area contributed by atoms with Crippen molar-refractivity contribution in [1.29, 1.82) is 0 Å². The first-order valence-electron chi connectivity index (χ1n) is 11.4. The average molecular weight is 497 g/mol. The first-order valence-corrected chi connectivity index (χ1v) is 11.4. The number of carbonyl (C=O) groups excluding carboxylic acids is 1. The summed E-state index contributed by atoms with van der Waals surface area (Å²) in [7, 11) is 5.67. The first-order chi connectivity index (χ1) is 17.5. The maximum absolute atomic E-state index is 11.7. The second-order valence-corrected chi connectivity index (χ2v) is 7.88. The van der Waals surface area contributed by atoms with Gasteiger partial charge in [-0.05, 0) is 32.9 Å². The minimum atomic E-state index is -0.719. The number of amides is 1. The number of fused-ring (bicyclic) bond motifs is 1. The molecule has 4 rings (SSSR count). The van der Waals surface area contributed by atoms with E-state index in [0.29, 0.717) is 25.6 Å². The molecule has 2 aliphatic rings. The number of hydroxylamine groups is 1. The lowest BCUT2D eigenvalue weighted by atomic mass is 10.2. The van der Waals surface area contributed by atoms with Crippen molar-refractivity contribution < 1.29 is 14.7 Å². The standard InChI is InChI=1S/C21H25N9O3.C2H7N/c1-22-10-15(21(31)28-32)12-24-13-16-25-17-19(29(16)2)26-18(14-4-3-5-23-11-14)27-20(17)30-6-8-33-9-7-30;1-3-2/h3-5,10-12,16,25,32H,1,6-9,13H2,2H3,(H,28,31);3H,1-2H3/b15-10+,24-12?;. The van der Waals surface area contributed by atoms with Gasteiger partial charge >= 0.3 is 0 Å². The Morgan fingerprint density at radius 3 is 2.69 bits per heavy atom. The van der Waals surface area contributed by atoms with Gasteiger partial charge < -0.3 is 25.2 Å². The Morgan fingerprint density at radius 1 is 1.33 bits per heavy atom. The summed E-state index contributed by atoms with van der Waals surface area (Å²) in [5.74, 6) is 1.42. The molecule has 13 heteroatoms. The number of morpholine rings is 1. The minimum Gasteiger partial charge on any atom is -0.378 e. The lowest BCUT2D eigenvalue weighted by Crippen LogP contribution is -2.37. The Hall–Kier alpha value is -3.94. The molecule has 2 aromatic heterocycles. The van der Waals surface area contributed by atoms with Crippen LogP contribution < -0.4 is 25.9 Å². The summed E-state index contributed by atoms with van der Waals surface area (Å²) in [6.45, 7) is 6.34. The summed E-state index contributed by atoms with van der Waals surface area (Å²) in [6.07, 6.45) is 5.79. The SMILES string of the molecule is C=N/C=C(\C=NCC1Nc2c(N3CCOCC3)nc(-c3cccnc3)nc2N1C)C(=O)NO.CNC. The highest BCUT2D eigenvalue weighted by molar-refractivity contribution is 6.11. The van der Waals surface area contributed by atoms with E-state index in [2.05, 4.69) is 37.2 Å². The quantitative estimate of drug-likeness (QED) is 0.185. The van der Waals surface area contributed by atoms with Crippen molar-refractivity contribution in [2.45, 2.75) is 6.17 Å². The van der Waals surface area contributed by atoms with Gasteiger partial charge in [0.25, 0.3) is 5.91 Å². The summed E-state index contributed by atoms with van der Waals surface area (Å²) in [5.41, 5.74) is 3.30. The summed E-state index contributed by atoms with van der Waals surface area (Å²) < 4.78 is 5.51. The molecular formula is C23H32N10O3. The van der Waals surface area contributed by atoms with Gasteiger partial charge in [0.2, 0.25) is 0 Å². The zero-order valence-electron chi connectivity index (χ0n) is 20.7. The van der Waals surface area contributed by atoms with E-state index in [4.69, 9.17) is 19.9 Å². The van der Waals surface area contributed by atoms with Gasteiger partial charge in [0.05, 0.1) is 25.3 Å². The topological polar surface area (TPSA) is 152 Å². The lowest BCUT2D eigenvalue weighted by Gasteiger charge is -2.29. The maximum atomic E-state index is 11.7. The number of ether oxygens (including phenoxy) is 1. The highest BCUT2D eigenvalue weighted by Gasteiger charge is 2.33. The van der Waals surface area contributed by atoms with Crippen molar-refractivity contribution in [3.8, 4) is 11.4 Å². The van der Waals surface area contributed by atoms with Crippen LogP contribution in [-0.4, -0.2) is 99.2 Å². The Balaban J connectivity index is 0.00000115. The fraction of sp³-hybridized carbons (Fsp3) is 0.391. The van der Waals surface area contributed by atoms with Gasteiger partial charge in [0, 0.05) is 50.5 Å². The van der Waals surface area contributed by atoms with Crippen molar-refractivity contribution in [2.75, 3.05) is 69.1 Å². The number of hydrogen-bond donors (Lipinski definition) is 4. The number of nitrogens with zero attached hydrogens (tertiary/aromatic N) is 7. The Bertz CT molecular complexity index is 1090. The summed E-state index contributed by atoms with van der Waals surface area (Å²) in [5, 5.41) is 15.1. The highest BCUT2D eigenvalue weighted by Crippen LogP contribution is 2.40. The predicted molar refractivity (Wildman–Crippen MR) is 140 cm³/mol. The van der Waals surface area contributed by atoms with Crippen LogP contribution in [0.25, 0.3) is 11.4 Å². The van der Waals surface area contributed by atoms with E-state index in [1.54, 1.807) is 17.9 Å². The molecule has 1 amide bonds. The van der Waals surface area contributed by atoms with Gasteiger partial charge in [-0.25, -0.2) is 15.4 Å². The molecule has 2 aliphatic heterocycles. The Kier molecular flexibility index (Phi) is 9.80. The van der Waals surface area contributed by atoms with E-state index in [1.165, 1.54) is 12.4 Å². The van der Waals surface area contributed by atoms with E-state index in [1.807, 2.05) is 38.2 Å². The van der Waals surface area contributed by atoms with Crippen LogP contribution in [0.3, 0.4) is 0 Å². The van der Waals surface area contributed by atoms with Gasteiger partial charge in [-0.2, -0.15) is 0 Å². The average Bonchev–Trinajstić information content (AvgIpc) is 3.23. The fourth-order valence-corrected chi connectivity index (χ4v) is 3.59. The van der Waals surface area contributed by atoms with E-state index in [9.17, 15) is 4.79 Å². The number of anilines is 3. The molecular weight excluding hydrogens is 464 g/mol. The second kappa shape index (κ2) is 13.2. The zero-order chi connectivity index (χ0) is 25.9. The molecule has 0 aliphatic carbocycles. The van der Waals surface area contributed by atoms with Gasteiger partial charge in [0.15, 0.2) is 17.5 Å². The summed E-state index contributed by atoms with van der Waals surface area (Å²) in [6, 6.07) is 3.78. The van der Waals surface area contributed by atoms with Crippen LogP contribution in [0.4, 0.5) is 17.3 Å². The molecule has 1 atom stereocenters. The maximum Gasteiger partial charge on any atom is 0.277 e. The van der Waals surface area contributed by atoms with E-state index in [-0.39, 0.29) is 11.7 Å². The number of likely N-dealkylation sites (N-methyl/N-ethyl adjacent to an activating group) is 1. The lowest BCUT2D eigenvalue weighted by molar-refractivity contribution is -0.124. The number of carbonyl (C=O) groups is 1. The van der Waals surface area contributed by atoms with Crippen LogP contribution >= 0.6 is 0 Å². The molecule has 0 radical (unpaired) electrons. The number of aliphatic imine (C=N–C) groups is 2. The van der Waals surface area contributed by atoms with Crippen LogP contribution in [0.2, 0.25) is 0 Å². The van der Waals surface area contributed by atoms with Crippen molar-refractivity contribution in [2.24, 2.45) is 9.98 Å². The van der Waals surface area contributed by atoms with Crippen molar-refractivity contribution in [3.63, 3.8) is 0 Å². The summed E-state index contributed by atoms with van der Waals surface area (Å²) >= 11 is 0. The van der Waals surface area contributed by atoms with Crippen LogP contribution in [0.5, 0.6) is 0 Å². The molecule has 0 aromatic carbocycles. The molecule has 0 saturated carbocycles. The Labute approximate surface area is 210 Å². The molecule has 4 N–H and O–H groups in total. The van der Waals surface area contributed by atoms with Crippen molar-refractivity contribution in [3.05, 3.63) is 36.3 Å². The van der Waals surface area contributed by atoms with Gasteiger partial charge in [-0.3, -0.25) is 25.0 Å². The molecule has 1 saturated heterocycles. The molecule has 2 aromatic rings. The van der Waals surface area contributed by atoms with Crippen LogP contribution in [-0.2, 0) is 9.53 Å². The number of pyridine rings is 1. The fourth-order valence-electron chi connectivity index (χ4n) is 3.59. The number of aromatic nitrogens is 3. The normalized spacial score (nSPS) is 17.2.